The van der Waals surface area contributed by atoms with E-state index in [1.165, 1.54) is 5.56 Å². The monoisotopic (exact) mass is 422 g/mol. The Bertz CT molecular complexity index is 894. The number of hydrogen-bond donors (Lipinski definition) is 3. The molecule has 1 unspecified atom stereocenters. The summed E-state index contributed by atoms with van der Waals surface area (Å²) >= 11 is 0. The predicted octanol–water partition coefficient (Wildman–Crippen LogP) is 4.16. The molecule has 0 saturated carbocycles. The van der Waals surface area contributed by atoms with Crippen molar-refractivity contribution in [2.24, 2.45) is 0 Å². The summed E-state index contributed by atoms with van der Waals surface area (Å²) in [6.07, 6.45) is 6.75. The lowest BCUT2D eigenvalue weighted by molar-refractivity contribution is 0.0154. The Morgan fingerprint density at radius 2 is 1.97 bits per heavy atom. The SMILES string of the molecule is C=Cc1[nH]c(C(=O)NO)cc1/C=C\CC(C)N1C[C@@H](C)N(Cc2ccccc2)[C@@H](C)C1. The van der Waals surface area contributed by atoms with E-state index in [0.717, 1.165) is 37.3 Å². The number of amides is 1. The number of aromatic nitrogens is 1. The fourth-order valence-corrected chi connectivity index (χ4v) is 4.38. The number of carbonyl (C=O) groups excluding carboxylic acids is 1. The topological polar surface area (TPSA) is 71.6 Å². The molecular formula is C25H34N4O2. The van der Waals surface area contributed by atoms with Crippen molar-refractivity contribution in [2.75, 3.05) is 13.1 Å². The van der Waals surface area contributed by atoms with E-state index in [2.05, 4.69) is 78.5 Å². The van der Waals surface area contributed by atoms with E-state index < -0.39 is 5.91 Å². The standard InChI is InChI=1S/C25H34N4O2/c1-5-23-22(14-24(26-23)25(30)27-31)13-9-10-18(2)28-15-19(3)29(20(4)16-28)17-21-11-7-6-8-12-21/h5-9,11-14,18-20,26,31H,1,10,15-17H2,2-4H3,(H,27,30)/b13-9-/t18?,19-,20+. The smallest absolute Gasteiger partial charge is 0.291 e. The first-order valence-corrected chi connectivity index (χ1v) is 10.9. The molecule has 6 heteroatoms. The van der Waals surface area contributed by atoms with E-state index in [-0.39, 0.29) is 0 Å². The van der Waals surface area contributed by atoms with E-state index in [9.17, 15) is 4.79 Å². The highest BCUT2D eigenvalue weighted by Gasteiger charge is 2.31. The molecule has 3 N–H and O–H groups in total. The van der Waals surface area contributed by atoms with Gasteiger partial charge in [0.25, 0.3) is 5.91 Å². The summed E-state index contributed by atoms with van der Waals surface area (Å²) in [6.45, 7) is 13.8. The number of nitrogens with zero attached hydrogens (tertiary/aromatic N) is 2. The molecule has 31 heavy (non-hydrogen) atoms. The zero-order chi connectivity index (χ0) is 22.4. The average molecular weight is 423 g/mol. The van der Waals surface area contributed by atoms with Crippen molar-refractivity contribution in [1.82, 2.24) is 20.3 Å². The van der Waals surface area contributed by atoms with Crippen LogP contribution in [0.25, 0.3) is 12.2 Å². The third-order valence-electron chi connectivity index (χ3n) is 6.17. The maximum absolute atomic E-state index is 11.6. The molecule has 1 aromatic heterocycles. The minimum absolute atomic E-state index is 0.308. The van der Waals surface area contributed by atoms with Crippen molar-refractivity contribution >= 4 is 18.1 Å². The molecule has 1 aliphatic heterocycles. The van der Waals surface area contributed by atoms with Crippen LogP contribution in [-0.2, 0) is 6.54 Å². The molecule has 0 radical (unpaired) electrons. The number of hydroxylamine groups is 1. The van der Waals surface area contributed by atoms with Gasteiger partial charge < -0.3 is 4.98 Å². The summed E-state index contributed by atoms with van der Waals surface area (Å²) in [5.74, 6) is -0.563. The van der Waals surface area contributed by atoms with Crippen LogP contribution in [-0.4, -0.2) is 57.1 Å². The van der Waals surface area contributed by atoms with E-state index in [4.69, 9.17) is 5.21 Å². The number of nitrogens with one attached hydrogen (secondary N) is 2. The highest BCUT2D eigenvalue weighted by atomic mass is 16.5. The Morgan fingerprint density at radius 1 is 1.29 bits per heavy atom. The summed E-state index contributed by atoms with van der Waals surface area (Å²) in [5.41, 5.74) is 4.97. The number of rotatable bonds is 8. The van der Waals surface area contributed by atoms with Gasteiger partial charge in [-0.15, -0.1) is 0 Å². The minimum Gasteiger partial charge on any atom is -0.350 e. The lowest BCUT2D eigenvalue weighted by atomic mass is 10.0. The third kappa shape index (κ3) is 5.73. The summed E-state index contributed by atoms with van der Waals surface area (Å²) in [4.78, 5) is 19.8. The number of H-pyrrole nitrogens is 1. The van der Waals surface area contributed by atoms with Gasteiger partial charge in [0.05, 0.1) is 0 Å². The van der Waals surface area contributed by atoms with E-state index in [1.54, 1.807) is 17.6 Å². The van der Waals surface area contributed by atoms with E-state index in [1.807, 2.05) is 6.08 Å². The Balaban J connectivity index is 1.58. The zero-order valence-electron chi connectivity index (χ0n) is 18.7. The second-order valence-electron chi connectivity index (χ2n) is 8.49. The van der Waals surface area contributed by atoms with Crippen LogP contribution < -0.4 is 5.48 Å². The van der Waals surface area contributed by atoms with Gasteiger partial charge in [-0.2, -0.15) is 0 Å². The quantitative estimate of drug-likeness (QED) is 0.441. The van der Waals surface area contributed by atoms with Gasteiger partial charge in [0.1, 0.15) is 5.69 Å². The number of hydrogen-bond acceptors (Lipinski definition) is 4. The van der Waals surface area contributed by atoms with Crippen molar-refractivity contribution < 1.29 is 10.0 Å². The maximum atomic E-state index is 11.6. The number of piperazine rings is 1. The third-order valence-corrected chi connectivity index (χ3v) is 6.17. The number of carbonyl (C=O) groups is 1. The summed E-state index contributed by atoms with van der Waals surface area (Å²) < 4.78 is 0. The lowest BCUT2D eigenvalue weighted by Crippen LogP contribution is -2.58. The average Bonchev–Trinajstić information content (AvgIpc) is 3.19. The molecule has 2 aromatic rings. The van der Waals surface area contributed by atoms with Crippen LogP contribution in [0, 0.1) is 0 Å². The molecule has 166 valence electrons. The second-order valence-corrected chi connectivity index (χ2v) is 8.49. The molecule has 0 bridgehead atoms. The van der Waals surface area contributed by atoms with Crippen molar-refractivity contribution in [3.63, 3.8) is 0 Å². The van der Waals surface area contributed by atoms with Crippen LogP contribution in [0.5, 0.6) is 0 Å². The molecule has 0 spiro atoms. The summed E-state index contributed by atoms with van der Waals surface area (Å²) in [6, 6.07) is 13.8. The van der Waals surface area contributed by atoms with Crippen LogP contribution in [0.3, 0.4) is 0 Å². The maximum Gasteiger partial charge on any atom is 0.291 e. The highest BCUT2D eigenvalue weighted by Crippen LogP contribution is 2.22. The first-order chi connectivity index (χ1) is 14.9. The van der Waals surface area contributed by atoms with Gasteiger partial charge in [-0.05, 0) is 50.5 Å². The second kappa shape index (κ2) is 10.6. The molecule has 2 heterocycles. The summed E-state index contributed by atoms with van der Waals surface area (Å²) in [7, 11) is 0. The molecule has 1 aliphatic rings. The Morgan fingerprint density at radius 3 is 2.58 bits per heavy atom. The van der Waals surface area contributed by atoms with Gasteiger partial charge in [0.15, 0.2) is 0 Å². The minimum atomic E-state index is -0.563. The van der Waals surface area contributed by atoms with E-state index >= 15 is 0 Å². The fourth-order valence-electron chi connectivity index (χ4n) is 4.38. The lowest BCUT2D eigenvalue weighted by Gasteiger charge is -2.46. The molecule has 1 aromatic carbocycles. The molecule has 1 fully saturated rings. The molecule has 3 atom stereocenters. The van der Waals surface area contributed by atoms with Crippen LogP contribution in [0.4, 0.5) is 0 Å². The predicted molar refractivity (Wildman–Crippen MR) is 126 cm³/mol. The van der Waals surface area contributed by atoms with Crippen molar-refractivity contribution in [3.8, 4) is 0 Å². The summed E-state index contributed by atoms with van der Waals surface area (Å²) in [5, 5.41) is 8.83. The molecule has 6 nitrogen and oxygen atoms in total. The molecular weight excluding hydrogens is 388 g/mol. The Kier molecular flexibility index (Phi) is 7.85. The molecule has 3 rings (SSSR count). The molecule has 0 aliphatic carbocycles. The highest BCUT2D eigenvalue weighted by molar-refractivity contribution is 5.93. The van der Waals surface area contributed by atoms with Crippen LogP contribution in [0.1, 0.15) is 54.5 Å². The van der Waals surface area contributed by atoms with Gasteiger partial charge >= 0.3 is 0 Å². The fraction of sp³-hybridized carbons (Fsp3) is 0.400. The normalized spacial score (nSPS) is 21.3. The van der Waals surface area contributed by atoms with Gasteiger partial charge in [0, 0.05) is 43.5 Å². The first kappa shape index (κ1) is 23.0. The van der Waals surface area contributed by atoms with Gasteiger partial charge in [-0.25, -0.2) is 5.48 Å². The molecule has 1 saturated heterocycles. The van der Waals surface area contributed by atoms with E-state index in [0.29, 0.717) is 23.8 Å². The molecule has 1 amide bonds. The van der Waals surface area contributed by atoms with Crippen LogP contribution >= 0.6 is 0 Å². The Hall–Kier alpha value is -2.67. The zero-order valence-corrected chi connectivity index (χ0v) is 18.7. The van der Waals surface area contributed by atoms with Gasteiger partial charge in [-0.3, -0.25) is 19.8 Å². The Labute approximate surface area is 185 Å². The van der Waals surface area contributed by atoms with Crippen LogP contribution in [0.2, 0.25) is 0 Å². The van der Waals surface area contributed by atoms with Gasteiger partial charge in [-0.1, -0.05) is 49.1 Å². The van der Waals surface area contributed by atoms with Crippen molar-refractivity contribution in [2.45, 2.75) is 51.9 Å². The number of aromatic amines is 1. The van der Waals surface area contributed by atoms with Crippen LogP contribution in [0.15, 0.2) is 49.1 Å². The first-order valence-electron chi connectivity index (χ1n) is 10.9. The van der Waals surface area contributed by atoms with Crippen molar-refractivity contribution in [3.05, 3.63) is 71.6 Å². The number of benzene rings is 1. The largest absolute Gasteiger partial charge is 0.350 e. The van der Waals surface area contributed by atoms with Gasteiger partial charge in [0.2, 0.25) is 0 Å². The van der Waals surface area contributed by atoms with Crippen molar-refractivity contribution in [1.29, 1.82) is 0 Å².